The third-order valence-electron chi connectivity index (χ3n) is 1.78. The van der Waals surface area contributed by atoms with Crippen molar-refractivity contribution < 1.29 is 19.0 Å². The molecule has 0 N–H and O–H groups in total. The number of hydrogen-bond acceptors (Lipinski definition) is 4. The maximum Gasteiger partial charge on any atom is 0.235 e. The van der Waals surface area contributed by atoms with Crippen molar-refractivity contribution in [3.8, 4) is 0 Å². The van der Waals surface area contributed by atoms with Crippen LogP contribution in [0.3, 0.4) is 0 Å². The Morgan fingerprint density at radius 2 is 2.17 bits per heavy atom. The van der Waals surface area contributed by atoms with Crippen molar-refractivity contribution in [2.75, 3.05) is 0 Å². The van der Waals surface area contributed by atoms with Crippen LogP contribution in [0.2, 0.25) is 0 Å². The first-order chi connectivity index (χ1) is 5.58. The van der Waals surface area contributed by atoms with Crippen LogP contribution in [0.1, 0.15) is 13.8 Å². The molecule has 1 fully saturated rings. The van der Waals surface area contributed by atoms with Gasteiger partial charge in [-0.05, 0) is 13.8 Å². The third-order valence-corrected chi connectivity index (χ3v) is 1.78. The second kappa shape index (κ2) is 2.31. The molecule has 0 aromatic rings. The molecule has 2 heterocycles. The van der Waals surface area contributed by atoms with Crippen LogP contribution >= 0.6 is 0 Å². The van der Waals surface area contributed by atoms with E-state index in [4.69, 9.17) is 14.2 Å². The number of ether oxygens (including phenoxy) is 3. The first-order valence-electron chi connectivity index (χ1n) is 3.80. The normalized spacial score (nSPS) is 37.7. The molecule has 0 bridgehead atoms. The van der Waals surface area contributed by atoms with Crippen molar-refractivity contribution in [3.05, 3.63) is 12.3 Å². The fourth-order valence-electron chi connectivity index (χ4n) is 1.30. The Morgan fingerprint density at radius 1 is 1.42 bits per heavy atom. The Balaban J connectivity index is 2.20. The molecule has 0 radical (unpaired) electrons. The van der Waals surface area contributed by atoms with Gasteiger partial charge >= 0.3 is 0 Å². The van der Waals surface area contributed by atoms with Gasteiger partial charge in [-0.25, -0.2) is 0 Å². The van der Waals surface area contributed by atoms with Gasteiger partial charge in [0.1, 0.15) is 0 Å². The average Bonchev–Trinajstić information content (AvgIpc) is 2.25. The quantitative estimate of drug-likeness (QED) is 0.533. The zero-order valence-electron chi connectivity index (χ0n) is 6.94. The van der Waals surface area contributed by atoms with Crippen LogP contribution in [0.25, 0.3) is 0 Å². The number of carbonyl (C=O) groups is 1. The van der Waals surface area contributed by atoms with Crippen molar-refractivity contribution in [3.63, 3.8) is 0 Å². The number of carbonyl (C=O) groups excluding carboxylic acids is 1. The molecular weight excluding hydrogens is 160 g/mol. The topological polar surface area (TPSA) is 44.8 Å². The summed E-state index contributed by atoms with van der Waals surface area (Å²) in [6.07, 6.45) is 1.53. The zero-order valence-corrected chi connectivity index (χ0v) is 6.94. The predicted molar refractivity (Wildman–Crippen MR) is 39.1 cm³/mol. The van der Waals surface area contributed by atoms with Gasteiger partial charge in [0.2, 0.25) is 6.29 Å². The Hall–Kier alpha value is -0.870. The highest BCUT2D eigenvalue weighted by Gasteiger charge is 2.46. The molecule has 2 rings (SSSR count). The van der Waals surface area contributed by atoms with E-state index in [0.29, 0.717) is 0 Å². The predicted octanol–water partition coefficient (Wildman–Crippen LogP) is 0.577. The summed E-state index contributed by atoms with van der Waals surface area (Å²) >= 11 is 0. The van der Waals surface area contributed by atoms with Crippen molar-refractivity contribution in [2.45, 2.75) is 32.0 Å². The standard InChI is InChI=1S/C8H10O4/c1-8(2)11-6-5(9)3-4-10-7(6)12-8/h3-4,6-7H,1-2H3. The van der Waals surface area contributed by atoms with Gasteiger partial charge in [0.05, 0.1) is 6.26 Å². The van der Waals surface area contributed by atoms with Crippen molar-refractivity contribution in [1.82, 2.24) is 0 Å². The molecule has 2 aliphatic heterocycles. The molecule has 4 heteroatoms. The van der Waals surface area contributed by atoms with Crippen LogP contribution in [0, 0.1) is 0 Å². The molecule has 66 valence electrons. The van der Waals surface area contributed by atoms with Crippen LogP contribution in [0.5, 0.6) is 0 Å². The molecule has 2 atom stereocenters. The van der Waals surface area contributed by atoms with Crippen LogP contribution in [-0.4, -0.2) is 24.0 Å². The van der Waals surface area contributed by atoms with E-state index >= 15 is 0 Å². The minimum absolute atomic E-state index is 0.100. The summed E-state index contributed by atoms with van der Waals surface area (Å²) in [5.74, 6) is -0.825. The lowest BCUT2D eigenvalue weighted by Gasteiger charge is -2.17. The first kappa shape index (κ1) is 7.76. The van der Waals surface area contributed by atoms with E-state index in [2.05, 4.69) is 0 Å². The van der Waals surface area contributed by atoms with Crippen LogP contribution < -0.4 is 0 Å². The summed E-state index contributed by atoms with van der Waals surface area (Å²) in [4.78, 5) is 11.2. The molecule has 0 aliphatic carbocycles. The van der Waals surface area contributed by atoms with E-state index in [1.54, 1.807) is 13.8 Å². The van der Waals surface area contributed by atoms with E-state index in [-0.39, 0.29) is 5.78 Å². The lowest BCUT2D eigenvalue weighted by Crippen LogP contribution is -2.34. The molecule has 2 unspecified atom stereocenters. The molecule has 0 aromatic carbocycles. The van der Waals surface area contributed by atoms with Gasteiger partial charge < -0.3 is 14.2 Å². The second-order valence-corrected chi connectivity index (χ2v) is 3.27. The third kappa shape index (κ3) is 1.13. The molecule has 0 spiro atoms. The molecule has 0 aromatic heterocycles. The number of rotatable bonds is 0. The van der Waals surface area contributed by atoms with Gasteiger partial charge in [0.25, 0.3) is 0 Å². The molecule has 2 aliphatic rings. The number of hydrogen-bond donors (Lipinski definition) is 0. The van der Waals surface area contributed by atoms with E-state index in [9.17, 15) is 4.79 Å². The monoisotopic (exact) mass is 170 g/mol. The Labute approximate surface area is 70.1 Å². The van der Waals surface area contributed by atoms with Crippen molar-refractivity contribution >= 4 is 5.78 Å². The van der Waals surface area contributed by atoms with Crippen LogP contribution in [0.15, 0.2) is 12.3 Å². The first-order valence-corrected chi connectivity index (χ1v) is 3.80. The van der Waals surface area contributed by atoms with Crippen LogP contribution in [0.4, 0.5) is 0 Å². The SMILES string of the molecule is CC1(C)OC2OC=CC(=O)C2O1. The van der Waals surface area contributed by atoms with E-state index in [1.165, 1.54) is 12.3 Å². The van der Waals surface area contributed by atoms with Crippen molar-refractivity contribution in [2.24, 2.45) is 0 Å². The fourth-order valence-corrected chi connectivity index (χ4v) is 1.30. The Kier molecular flexibility index (Phi) is 1.49. The summed E-state index contributed by atoms with van der Waals surface area (Å²) in [7, 11) is 0. The molecule has 1 saturated heterocycles. The minimum Gasteiger partial charge on any atom is -0.469 e. The maximum absolute atomic E-state index is 11.2. The highest BCUT2D eigenvalue weighted by molar-refractivity contribution is 5.94. The van der Waals surface area contributed by atoms with E-state index in [1.807, 2.05) is 0 Å². The van der Waals surface area contributed by atoms with Gasteiger partial charge in [0, 0.05) is 6.08 Å². The summed E-state index contributed by atoms with van der Waals surface area (Å²) in [6.45, 7) is 3.50. The Morgan fingerprint density at radius 3 is 2.83 bits per heavy atom. The van der Waals surface area contributed by atoms with Gasteiger partial charge in [-0.15, -0.1) is 0 Å². The van der Waals surface area contributed by atoms with Gasteiger partial charge in [-0.1, -0.05) is 0 Å². The van der Waals surface area contributed by atoms with E-state index in [0.717, 1.165) is 0 Å². The average molecular weight is 170 g/mol. The zero-order chi connectivity index (χ0) is 8.77. The van der Waals surface area contributed by atoms with Gasteiger partial charge in [-0.3, -0.25) is 4.79 Å². The molecule has 12 heavy (non-hydrogen) atoms. The number of fused-ring (bicyclic) bond motifs is 1. The van der Waals surface area contributed by atoms with Gasteiger partial charge in [0.15, 0.2) is 17.7 Å². The smallest absolute Gasteiger partial charge is 0.235 e. The Bertz CT molecular complexity index is 243. The lowest BCUT2D eigenvalue weighted by molar-refractivity contribution is -0.176. The summed E-state index contributed by atoms with van der Waals surface area (Å²) in [5.41, 5.74) is 0. The highest BCUT2D eigenvalue weighted by Crippen LogP contribution is 2.31. The highest BCUT2D eigenvalue weighted by atomic mass is 16.8. The molecule has 4 nitrogen and oxygen atoms in total. The van der Waals surface area contributed by atoms with Crippen molar-refractivity contribution in [1.29, 1.82) is 0 Å². The molecule has 0 saturated carbocycles. The second-order valence-electron chi connectivity index (χ2n) is 3.27. The largest absolute Gasteiger partial charge is 0.469 e. The van der Waals surface area contributed by atoms with E-state index < -0.39 is 18.2 Å². The molecular formula is C8H10O4. The summed E-state index contributed by atoms with van der Waals surface area (Å²) in [6, 6.07) is 0. The maximum atomic E-state index is 11.2. The number of ketones is 1. The minimum atomic E-state index is -0.725. The van der Waals surface area contributed by atoms with Gasteiger partial charge in [-0.2, -0.15) is 0 Å². The fraction of sp³-hybridized carbons (Fsp3) is 0.625. The summed E-state index contributed by atoms with van der Waals surface area (Å²) in [5, 5.41) is 0. The van der Waals surface area contributed by atoms with Crippen LogP contribution in [-0.2, 0) is 19.0 Å². The summed E-state index contributed by atoms with van der Waals surface area (Å²) < 4.78 is 15.7. The lowest BCUT2D eigenvalue weighted by atomic mass is 10.2. The molecule has 0 amide bonds.